The highest BCUT2D eigenvalue weighted by molar-refractivity contribution is 6.10. The van der Waals surface area contributed by atoms with E-state index >= 15 is 0 Å². The van der Waals surface area contributed by atoms with Crippen molar-refractivity contribution in [2.75, 3.05) is 36.9 Å². The average molecular weight is 551 g/mol. The van der Waals surface area contributed by atoms with Gasteiger partial charge in [0.25, 0.3) is 0 Å². The summed E-state index contributed by atoms with van der Waals surface area (Å²) in [6.45, 7) is 17.3. The number of fused-ring (bicyclic) bond motifs is 1. The van der Waals surface area contributed by atoms with Gasteiger partial charge in [-0.25, -0.2) is 4.79 Å². The van der Waals surface area contributed by atoms with Gasteiger partial charge in [0.2, 0.25) is 0 Å². The van der Waals surface area contributed by atoms with E-state index in [2.05, 4.69) is 106 Å². The Labute approximate surface area is 244 Å². The van der Waals surface area contributed by atoms with E-state index in [9.17, 15) is 4.79 Å². The Morgan fingerprint density at radius 2 is 1.54 bits per heavy atom. The summed E-state index contributed by atoms with van der Waals surface area (Å²) in [4.78, 5) is 20.5. The maximum absolute atomic E-state index is 13.4. The summed E-state index contributed by atoms with van der Waals surface area (Å²) in [5, 5.41) is 8.33. The number of anilines is 2. The number of urea groups is 1. The van der Waals surface area contributed by atoms with E-state index < -0.39 is 0 Å². The number of nitrogens with one attached hydrogen (secondary N) is 2. The van der Waals surface area contributed by atoms with Crippen LogP contribution < -0.4 is 10.6 Å². The highest BCUT2D eigenvalue weighted by atomic mass is 16.5. The van der Waals surface area contributed by atoms with Gasteiger partial charge in [-0.05, 0) is 51.1 Å². The third-order valence-electron chi connectivity index (χ3n) is 7.74. The summed E-state index contributed by atoms with van der Waals surface area (Å²) in [6.07, 6.45) is 1.95. The first-order valence-electron chi connectivity index (χ1n) is 14.5. The predicted molar refractivity (Wildman–Crippen MR) is 170 cm³/mol. The predicted octanol–water partition coefficient (Wildman–Crippen LogP) is 7.97. The fourth-order valence-corrected chi connectivity index (χ4v) is 5.37. The molecular weight excluding hydrogens is 508 g/mol. The summed E-state index contributed by atoms with van der Waals surface area (Å²) >= 11 is 0. The third kappa shape index (κ3) is 6.77. The maximum atomic E-state index is 13.4. The first-order chi connectivity index (χ1) is 19.5. The molecule has 5 rings (SSSR count). The number of morpholine rings is 1. The topological polar surface area (TPSA) is 66.5 Å². The molecule has 3 aromatic carbocycles. The van der Waals surface area contributed by atoms with Gasteiger partial charge in [-0.3, -0.25) is 9.88 Å². The molecule has 1 aromatic heterocycles. The lowest BCUT2D eigenvalue weighted by Crippen LogP contribution is -2.35. The molecule has 0 aliphatic carbocycles. The van der Waals surface area contributed by atoms with Gasteiger partial charge in [0.1, 0.15) is 0 Å². The van der Waals surface area contributed by atoms with Crippen molar-refractivity contribution in [1.82, 2.24) is 9.88 Å². The van der Waals surface area contributed by atoms with Crippen LogP contribution in [0.5, 0.6) is 0 Å². The molecule has 0 saturated carbocycles. The molecule has 2 heterocycles. The molecular formula is C35H42N4O2. The van der Waals surface area contributed by atoms with E-state index in [4.69, 9.17) is 9.72 Å². The van der Waals surface area contributed by atoms with Gasteiger partial charge in [0.05, 0.1) is 24.6 Å². The fourth-order valence-electron chi connectivity index (χ4n) is 5.37. The first kappa shape index (κ1) is 28.8. The monoisotopic (exact) mass is 550 g/mol. The molecule has 6 nitrogen and oxygen atoms in total. The molecule has 0 bridgehead atoms. The van der Waals surface area contributed by atoms with Gasteiger partial charge in [0, 0.05) is 42.5 Å². The minimum absolute atomic E-state index is 0.0229. The number of aromatic nitrogens is 1. The largest absolute Gasteiger partial charge is 0.379 e. The average Bonchev–Trinajstić information content (AvgIpc) is 2.93. The van der Waals surface area contributed by atoms with E-state index in [1.54, 1.807) is 0 Å². The molecule has 2 amide bonds. The summed E-state index contributed by atoms with van der Waals surface area (Å²) in [5.74, 6) is 0. The third-order valence-corrected chi connectivity index (χ3v) is 7.74. The molecule has 1 aliphatic heterocycles. The smallest absolute Gasteiger partial charge is 0.323 e. The van der Waals surface area contributed by atoms with Gasteiger partial charge < -0.3 is 15.4 Å². The van der Waals surface area contributed by atoms with Crippen LogP contribution in [0.15, 0.2) is 72.9 Å². The highest BCUT2D eigenvalue weighted by Crippen LogP contribution is 2.35. The summed E-state index contributed by atoms with van der Waals surface area (Å²) in [5.41, 5.74) is 6.95. The number of carbonyl (C=O) groups is 1. The van der Waals surface area contributed by atoms with Crippen LogP contribution >= 0.6 is 0 Å². The Morgan fingerprint density at radius 1 is 0.829 bits per heavy atom. The van der Waals surface area contributed by atoms with Crippen molar-refractivity contribution in [2.24, 2.45) is 0 Å². The molecule has 4 aromatic rings. The quantitative estimate of drug-likeness (QED) is 0.264. The normalized spacial score (nSPS) is 14.7. The van der Waals surface area contributed by atoms with E-state index in [0.717, 1.165) is 77.4 Å². The molecule has 0 atom stereocenters. The molecule has 1 saturated heterocycles. The van der Waals surface area contributed by atoms with Crippen molar-refractivity contribution in [2.45, 2.75) is 58.9 Å². The van der Waals surface area contributed by atoms with Crippen molar-refractivity contribution < 1.29 is 9.53 Å². The van der Waals surface area contributed by atoms with E-state index in [1.807, 2.05) is 24.4 Å². The number of hydrogen-bond donors (Lipinski definition) is 2. The Kier molecular flexibility index (Phi) is 8.16. The Morgan fingerprint density at radius 3 is 2.20 bits per heavy atom. The Bertz CT molecular complexity index is 1530. The number of benzene rings is 3. The molecule has 6 heteroatoms. The molecule has 1 aliphatic rings. The molecule has 1 fully saturated rings. The van der Waals surface area contributed by atoms with E-state index in [0.29, 0.717) is 0 Å². The lowest BCUT2D eigenvalue weighted by Gasteiger charge is -2.27. The van der Waals surface area contributed by atoms with Crippen molar-refractivity contribution in [3.05, 3.63) is 89.7 Å². The van der Waals surface area contributed by atoms with Crippen LogP contribution in [-0.2, 0) is 22.1 Å². The van der Waals surface area contributed by atoms with Gasteiger partial charge >= 0.3 is 6.03 Å². The number of rotatable bonds is 5. The van der Waals surface area contributed by atoms with Crippen LogP contribution in [-0.4, -0.2) is 42.2 Å². The second-order valence-corrected chi connectivity index (χ2v) is 13.0. The first-order valence-corrected chi connectivity index (χ1v) is 14.5. The molecule has 0 unspecified atom stereocenters. The SMILES string of the molecule is CC(C)(C)c1ccc(C(C)(C)C)c(NC(=O)Nc2ccc(-c3ccc(CN4CCOCC4)nc3)c3ccccc23)c1. The van der Waals surface area contributed by atoms with Crippen molar-refractivity contribution in [3.8, 4) is 11.1 Å². The van der Waals surface area contributed by atoms with E-state index in [1.165, 1.54) is 5.56 Å². The van der Waals surface area contributed by atoms with Crippen molar-refractivity contribution in [1.29, 1.82) is 0 Å². The number of carbonyl (C=O) groups excluding carboxylic acids is 1. The number of hydrogen-bond acceptors (Lipinski definition) is 4. The van der Waals surface area contributed by atoms with Crippen LogP contribution in [0.3, 0.4) is 0 Å². The van der Waals surface area contributed by atoms with Crippen LogP contribution in [0.25, 0.3) is 21.9 Å². The number of pyridine rings is 1. The molecule has 214 valence electrons. The zero-order chi connectivity index (χ0) is 29.2. The molecule has 0 spiro atoms. The zero-order valence-corrected chi connectivity index (χ0v) is 25.2. The van der Waals surface area contributed by atoms with Gasteiger partial charge in [-0.1, -0.05) is 90.1 Å². The second-order valence-electron chi connectivity index (χ2n) is 13.0. The standard InChI is InChI=1S/C35H42N4O2/c1-34(2,3)25-12-15-30(35(4,5)6)32(21-25)38-33(40)37-31-16-14-27(28-9-7-8-10-29(28)31)24-11-13-26(36-22-24)23-39-17-19-41-20-18-39/h7-16,21-22H,17-20,23H2,1-6H3,(H2,37,38,40). The minimum atomic E-state index is -0.256. The zero-order valence-electron chi connectivity index (χ0n) is 25.2. The molecule has 2 N–H and O–H groups in total. The molecule has 0 radical (unpaired) electrons. The molecule has 41 heavy (non-hydrogen) atoms. The summed E-state index contributed by atoms with van der Waals surface area (Å²) < 4.78 is 5.46. The van der Waals surface area contributed by atoms with Crippen molar-refractivity contribution in [3.63, 3.8) is 0 Å². The summed E-state index contributed by atoms with van der Waals surface area (Å²) in [6, 6.07) is 22.6. The lowest BCUT2D eigenvalue weighted by atomic mass is 9.81. The minimum Gasteiger partial charge on any atom is -0.379 e. The highest BCUT2D eigenvalue weighted by Gasteiger charge is 2.23. The number of nitrogens with zero attached hydrogens (tertiary/aromatic N) is 2. The van der Waals surface area contributed by atoms with Crippen molar-refractivity contribution >= 4 is 28.2 Å². The number of ether oxygens (including phenoxy) is 1. The fraction of sp³-hybridized carbons (Fsp3) is 0.371. The maximum Gasteiger partial charge on any atom is 0.323 e. The van der Waals surface area contributed by atoms with Gasteiger partial charge in [0.15, 0.2) is 0 Å². The van der Waals surface area contributed by atoms with Gasteiger partial charge in [-0.2, -0.15) is 0 Å². The van der Waals surface area contributed by atoms with E-state index in [-0.39, 0.29) is 16.9 Å². The van der Waals surface area contributed by atoms with Crippen LogP contribution in [0.1, 0.15) is 58.4 Å². The second kappa shape index (κ2) is 11.6. The summed E-state index contributed by atoms with van der Waals surface area (Å²) in [7, 11) is 0. The van der Waals surface area contributed by atoms with Gasteiger partial charge in [-0.15, -0.1) is 0 Å². The van der Waals surface area contributed by atoms with Crippen LogP contribution in [0.2, 0.25) is 0 Å². The Balaban J connectivity index is 1.39. The lowest BCUT2D eigenvalue weighted by molar-refractivity contribution is 0.0336. The van der Waals surface area contributed by atoms with Crippen LogP contribution in [0, 0.1) is 0 Å². The Hall–Kier alpha value is -3.74. The van der Waals surface area contributed by atoms with Crippen LogP contribution in [0.4, 0.5) is 16.2 Å². The number of amides is 2.